The predicted molar refractivity (Wildman–Crippen MR) is 84.8 cm³/mol. The van der Waals surface area contributed by atoms with E-state index in [0.29, 0.717) is 16.1 Å². The molecule has 0 atom stereocenters. The second kappa shape index (κ2) is 5.41. The number of benzene rings is 2. The van der Waals surface area contributed by atoms with Crippen molar-refractivity contribution in [1.29, 1.82) is 0 Å². The van der Waals surface area contributed by atoms with Crippen molar-refractivity contribution in [2.24, 2.45) is 0 Å². The maximum absolute atomic E-state index is 12.6. The van der Waals surface area contributed by atoms with E-state index in [9.17, 15) is 4.79 Å². The van der Waals surface area contributed by atoms with Gasteiger partial charge >= 0.3 is 0 Å². The van der Waals surface area contributed by atoms with E-state index in [1.165, 1.54) is 0 Å². The molecule has 0 radical (unpaired) electrons. The number of carbonyl (C=O) groups excluding carboxylic acids is 1. The number of carbonyl (C=O) groups is 1. The highest BCUT2D eigenvalue weighted by molar-refractivity contribution is 6.32. The third-order valence-corrected chi connectivity index (χ3v) is 3.88. The van der Waals surface area contributed by atoms with Crippen LogP contribution in [0, 0.1) is 6.92 Å². The molecule has 0 fully saturated rings. The molecule has 2 rings (SSSR count). The van der Waals surface area contributed by atoms with Crippen LogP contribution >= 0.6 is 11.6 Å². The molecule has 2 heteroatoms. The average Bonchev–Trinajstić information content (AvgIpc) is 2.40. The van der Waals surface area contributed by atoms with Crippen LogP contribution in [-0.4, -0.2) is 5.78 Å². The zero-order chi connectivity index (χ0) is 14.9. The van der Waals surface area contributed by atoms with Gasteiger partial charge in [0.1, 0.15) is 0 Å². The topological polar surface area (TPSA) is 17.1 Å². The van der Waals surface area contributed by atoms with Crippen LogP contribution in [-0.2, 0) is 5.41 Å². The van der Waals surface area contributed by atoms with Crippen LogP contribution in [0.15, 0.2) is 42.5 Å². The highest BCUT2D eigenvalue weighted by Crippen LogP contribution is 2.30. The van der Waals surface area contributed by atoms with E-state index >= 15 is 0 Å². The van der Waals surface area contributed by atoms with Crippen molar-refractivity contribution in [2.45, 2.75) is 33.1 Å². The fraction of sp³-hybridized carbons (Fsp3) is 0.278. The molecule has 0 heterocycles. The van der Waals surface area contributed by atoms with Crippen molar-refractivity contribution >= 4 is 17.4 Å². The normalized spacial score (nSPS) is 11.4. The molecule has 2 aromatic carbocycles. The monoisotopic (exact) mass is 286 g/mol. The minimum atomic E-state index is -0.0386. The molecular formula is C18H19ClO. The Balaban J connectivity index is 2.57. The van der Waals surface area contributed by atoms with Crippen LogP contribution in [0.2, 0.25) is 5.02 Å². The Morgan fingerprint density at radius 1 is 1.05 bits per heavy atom. The Hall–Kier alpha value is -1.60. The van der Waals surface area contributed by atoms with Gasteiger partial charge in [-0.25, -0.2) is 0 Å². The first kappa shape index (κ1) is 14.8. The van der Waals surface area contributed by atoms with Crippen molar-refractivity contribution in [3.05, 3.63) is 69.7 Å². The zero-order valence-electron chi connectivity index (χ0n) is 12.3. The van der Waals surface area contributed by atoms with Crippen molar-refractivity contribution in [2.75, 3.05) is 0 Å². The molecule has 0 aliphatic rings. The molecule has 1 nitrogen and oxygen atoms in total. The van der Waals surface area contributed by atoms with Gasteiger partial charge in [-0.3, -0.25) is 4.79 Å². The third kappa shape index (κ3) is 2.94. The van der Waals surface area contributed by atoms with E-state index in [-0.39, 0.29) is 11.2 Å². The minimum Gasteiger partial charge on any atom is -0.289 e. The average molecular weight is 287 g/mol. The molecule has 0 bridgehead atoms. The fourth-order valence-corrected chi connectivity index (χ4v) is 2.31. The first-order valence-corrected chi connectivity index (χ1v) is 7.09. The summed E-state index contributed by atoms with van der Waals surface area (Å²) in [7, 11) is 0. The summed E-state index contributed by atoms with van der Waals surface area (Å²) in [5, 5.41) is 0.650. The molecule has 0 spiro atoms. The molecule has 104 valence electrons. The van der Waals surface area contributed by atoms with E-state index in [0.717, 1.165) is 11.1 Å². The summed E-state index contributed by atoms with van der Waals surface area (Å²) in [6, 6.07) is 13.2. The lowest BCUT2D eigenvalue weighted by Gasteiger charge is -2.21. The lowest BCUT2D eigenvalue weighted by molar-refractivity contribution is 0.103. The highest BCUT2D eigenvalue weighted by atomic mass is 35.5. The van der Waals surface area contributed by atoms with Gasteiger partial charge < -0.3 is 0 Å². The fourth-order valence-electron chi connectivity index (χ4n) is 2.09. The number of hydrogen-bond acceptors (Lipinski definition) is 1. The molecular weight excluding hydrogens is 268 g/mol. The first-order chi connectivity index (χ1) is 9.30. The van der Waals surface area contributed by atoms with Crippen LogP contribution in [0.5, 0.6) is 0 Å². The summed E-state index contributed by atoms with van der Waals surface area (Å²) in [6.45, 7) is 8.24. The van der Waals surface area contributed by atoms with Crippen LogP contribution < -0.4 is 0 Å². The number of hydrogen-bond donors (Lipinski definition) is 0. The Bertz CT molecular complexity index is 636. The lowest BCUT2D eigenvalue weighted by atomic mass is 9.84. The van der Waals surface area contributed by atoms with Gasteiger partial charge in [0, 0.05) is 16.1 Å². The quantitative estimate of drug-likeness (QED) is 0.696. The summed E-state index contributed by atoms with van der Waals surface area (Å²) in [5.74, 6) is 0.0242. The number of halogens is 1. The highest BCUT2D eigenvalue weighted by Gasteiger charge is 2.20. The van der Waals surface area contributed by atoms with Gasteiger partial charge in [0.05, 0.1) is 0 Å². The maximum atomic E-state index is 12.6. The van der Waals surface area contributed by atoms with E-state index < -0.39 is 0 Å². The second-order valence-electron chi connectivity index (χ2n) is 6.08. The molecule has 20 heavy (non-hydrogen) atoms. The minimum absolute atomic E-state index is 0.0242. The molecule has 0 N–H and O–H groups in total. The van der Waals surface area contributed by atoms with Crippen molar-refractivity contribution in [1.82, 2.24) is 0 Å². The maximum Gasteiger partial charge on any atom is 0.193 e. The second-order valence-corrected chi connectivity index (χ2v) is 6.48. The van der Waals surface area contributed by atoms with E-state index in [4.69, 9.17) is 11.6 Å². The summed E-state index contributed by atoms with van der Waals surface area (Å²) in [6.07, 6.45) is 0. The Morgan fingerprint density at radius 2 is 1.65 bits per heavy atom. The van der Waals surface area contributed by atoms with Crippen LogP contribution in [0.3, 0.4) is 0 Å². The van der Waals surface area contributed by atoms with Gasteiger partial charge in [0.15, 0.2) is 5.78 Å². The van der Waals surface area contributed by atoms with Crippen LogP contribution in [0.1, 0.15) is 47.8 Å². The van der Waals surface area contributed by atoms with Crippen molar-refractivity contribution in [3.63, 3.8) is 0 Å². The van der Waals surface area contributed by atoms with Gasteiger partial charge in [-0.1, -0.05) is 62.7 Å². The third-order valence-electron chi connectivity index (χ3n) is 3.49. The number of ketones is 1. The predicted octanol–water partition coefficient (Wildman–Crippen LogP) is 5.18. The molecule has 0 aliphatic carbocycles. The largest absolute Gasteiger partial charge is 0.289 e. The lowest BCUT2D eigenvalue weighted by Crippen LogP contribution is -2.14. The molecule has 2 aromatic rings. The smallest absolute Gasteiger partial charge is 0.193 e. The first-order valence-electron chi connectivity index (χ1n) is 6.71. The molecule has 0 aliphatic heterocycles. The zero-order valence-corrected chi connectivity index (χ0v) is 13.1. The molecule has 0 saturated carbocycles. The summed E-state index contributed by atoms with van der Waals surface area (Å²) in [4.78, 5) is 12.6. The van der Waals surface area contributed by atoms with E-state index in [1.54, 1.807) is 0 Å². The summed E-state index contributed by atoms with van der Waals surface area (Å²) < 4.78 is 0. The number of rotatable bonds is 2. The molecule has 0 unspecified atom stereocenters. The SMILES string of the molecule is Cc1c(Cl)cc(C(C)(C)C)cc1C(=O)c1ccccc1. The summed E-state index contributed by atoms with van der Waals surface area (Å²) >= 11 is 6.30. The van der Waals surface area contributed by atoms with Gasteiger partial charge in [0.25, 0.3) is 0 Å². The van der Waals surface area contributed by atoms with E-state index in [1.807, 2.05) is 49.4 Å². The van der Waals surface area contributed by atoms with Crippen LogP contribution in [0.4, 0.5) is 0 Å². The van der Waals surface area contributed by atoms with Crippen molar-refractivity contribution < 1.29 is 4.79 Å². The molecule has 0 saturated heterocycles. The van der Waals surface area contributed by atoms with Gasteiger partial charge in [0.2, 0.25) is 0 Å². The Morgan fingerprint density at radius 3 is 2.20 bits per heavy atom. The van der Waals surface area contributed by atoms with Crippen LogP contribution in [0.25, 0.3) is 0 Å². The standard InChI is InChI=1S/C18H19ClO/c1-12-15(17(20)13-8-6-5-7-9-13)10-14(11-16(12)19)18(2,3)4/h5-11H,1-4H3. The van der Waals surface area contributed by atoms with Gasteiger partial charge in [-0.15, -0.1) is 0 Å². The summed E-state index contributed by atoms with van der Waals surface area (Å²) in [5.41, 5.74) is 3.26. The van der Waals surface area contributed by atoms with Gasteiger partial charge in [-0.2, -0.15) is 0 Å². The molecule has 0 amide bonds. The van der Waals surface area contributed by atoms with Crippen molar-refractivity contribution in [3.8, 4) is 0 Å². The Kier molecular flexibility index (Phi) is 4.01. The Labute approximate surface area is 125 Å². The van der Waals surface area contributed by atoms with Gasteiger partial charge in [-0.05, 0) is 35.6 Å². The van der Waals surface area contributed by atoms with E-state index in [2.05, 4.69) is 20.8 Å². The molecule has 0 aromatic heterocycles.